The van der Waals surface area contributed by atoms with E-state index in [1.807, 2.05) is 52.0 Å². The molecule has 0 saturated carbocycles. The Bertz CT molecular complexity index is 1270. The lowest BCUT2D eigenvalue weighted by Gasteiger charge is -2.35. The van der Waals surface area contributed by atoms with E-state index in [0.717, 1.165) is 12.0 Å². The summed E-state index contributed by atoms with van der Waals surface area (Å²) in [5.74, 6) is 0.423. The Morgan fingerprint density at radius 1 is 1.03 bits per heavy atom. The Hall–Kier alpha value is -4.14. The molecule has 2 aromatic carbocycles. The molecule has 0 bridgehead atoms. The zero-order valence-corrected chi connectivity index (χ0v) is 23.5. The van der Waals surface area contributed by atoms with Crippen molar-refractivity contribution in [1.29, 1.82) is 0 Å². The molecule has 3 rings (SSSR count). The number of benzene rings is 2. The molecule has 1 aromatic heterocycles. The van der Waals surface area contributed by atoms with Crippen molar-refractivity contribution >= 4 is 29.2 Å². The molecule has 9 heteroatoms. The maximum Gasteiger partial charge on any atom is 0.248 e. The third kappa shape index (κ3) is 7.92. The van der Waals surface area contributed by atoms with Crippen molar-refractivity contribution in [3.05, 3.63) is 71.5 Å². The van der Waals surface area contributed by atoms with E-state index in [1.165, 1.54) is 4.90 Å². The molecule has 0 spiro atoms. The number of amides is 3. The van der Waals surface area contributed by atoms with Crippen LogP contribution in [0.3, 0.4) is 0 Å². The molecular weight excluding hydrogens is 496 g/mol. The molecule has 208 valence electrons. The number of carbonyl (C=O) groups is 3. The average Bonchev–Trinajstić information content (AvgIpc) is 3.34. The minimum Gasteiger partial charge on any atom is -0.497 e. The van der Waals surface area contributed by atoms with Gasteiger partial charge in [0, 0.05) is 30.1 Å². The summed E-state index contributed by atoms with van der Waals surface area (Å²) in [4.78, 5) is 41.8. The van der Waals surface area contributed by atoms with Crippen LogP contribution in [0.1, 0.15) is 69.9 Å². The number of rotatable bonds is 12. The van der Waals surface area contributed by atoms with Crippen molar-refractivity contribution in [3.63, 3.8) is 0 Å². The second-order valence-corrected chi connectivity index (χ2v) is 10.1. The molecule has 0 aliphatic carbocycles. The van der Waals surface area contributed by atoms with E-state index in [2.05, 4.69) is 15.8 Å². The molecule has 1 atom stereocenters. The van der Waals surface area contributed by atoms with Crippen molar-refractivity contribution < 1.29 is 23.6 Å². The van der Waals surface area contributed by atoms with Crippen molar-refractivity contribution in [2.24, 2.45) is 0 Å². The van der Waals surface area contributed by atoms with E-state index in [1.54, 1.807) is 44.4 Å². The Morgan fingerprint density at radius 3 is 2.23 bits per heavy atom. The SMILES string of the molecule is CCc1ccc(N(C(=O)CCC(=O)Nc2cc(C)on2)C(C(=O)NC(C)(C)CC)c2ccc(OC)cc2)cc1. The predicted octanol–water partition coefficient (Wildman–Crippen LogP) is 5.35. The minimum absolute atomic E-state index is 0.0916. The van der Waals surface area contributed by atoms with Gasteiger partial charge in [-0.25, -0.2) is 0 Å². The lowest BCUT2D eigenvalue weighted by Crippen LogP contribution is -2.50. The van der Waals surface area contributed by atoms with E-state index >= 15 is 0 Å². The molecule has 0 aliphatic heterocycles. The summed E-state index contributed by atoms with van der Waals surface area (Å²) < 4.78 is 10.3. The van der Waals surface area contributed by atoms with E-state index in [4.69, 9.17) is 9.26 Å². The van der Waals surface area contributed by atoms with Crippen LogP contribution in [0.2, 0.25) is 0 Å². The smallest absolute Gasteiger partial charge is 0.248 e. The number of nitrogens with zero attached hydrogens (tertiary/aromatic N) is 2. The highest BCUT2D eigenvalue weighted by atomic mass is 16.5. The number of ether oxygens (including phenoxy) is 1. The monoisotopic (exact) mass is 534 g/mol. The van der Waals surface area contributed by atoms with Gasteiger partial charge in [0.25, 0.3) is 0 Å². The molecular formula is C30H38N4O5. The van der Waals surface area contributed by atoms with Crippen LogP contribution in [-0.4, -0.2) is 35.5 Å². The molecule has 1 unspecified atom stereocenters. The van der Waals surface area contributed by atoms with Crippen LogP contribution in [0.15, 0.2) is 59.1 Å². The second-order valence-electron chi connectivity index (χ2n) is 10.1. The Morgan fingerprint density at radius 2 is 1.69 bits per heavy atom. The molecule has 39 heavy (non-hydrogen) atoms. The Balaban J connectivity index is 1.98. The first-order valence-corrected chi connectivity index (χ1v) is 13.2. The molecule has 0 fully saturated rings. The molecule has 0 radical (unpaired) electrons. The van der Waals surface area contributed by atoms with E-state index in [9.17, 15) is 14.4 Å². The third-order valence-electron chi connectivity index (χ3n) is 6.64. The van der Waals surface area contributed by atoms with Gasteiger partial charge in [-0.1, -0.05) is 43.3 Å². The summed E-state index contributed by atoms with van der Waals surface area (Å²) in [5.41, 5.74) is 1.80. The van der Waals surface area contributed by atoms with Gasteiger partial charge in [-0.3, -0.25) is 19.3 Å². The van der Waals surface area contributed by atoms with Crippen molar-refractivity contribution in [2.45, 2.75) is 71.9 Å². The number of nitrogens with one attached hydrogen (secondary N) is 2. The van der Waals surface area contributed by atoms with Crippen LogP contribution in [0, 0.1) is 6.92 Å². The summed E-state index contributed by atoms with van der Waals surface area (Å²) in [5, 5.41) is 9.50. The number of hydrogen-bond donors (Lipinski definition) is 2. The van der Waals surface area contributed by atoms with Gasteiger partial charge in [-0.2, -0.15) is 0 Å². The zero-order chi connectivity index (χ0) is 28.6. The Labute approximate surface area is 229 Å². The van der Waals surface area contributed by atoms with Crippen LogP contribution in [0.5, 0.6) is 5.75 Å². The van der Waals surface area contributed by atoms with Crippen LogP contribution >= 0.6 is 0 Å². The van der Waals surface area contributed by atoms with Crippen LogP contribution in [0.4, 0.5) is 11.5 Å². The van der Waals surface area contributed by atoms with Gasteiger partial charge < -0.3 is 19.9 Å². The quantitative estimate of drug-likeness (QED) is 0.324. The fourth-order valence-corrected chi connectivity index (χ4v) is 4.00. The second kappa shape index (κ2) is 13.1. The number of anilines is 2. The molecule has 9 nitrogen and oxygen atoms in total. The number of aryl methyl sites for hydroxylation is 2. The van der Waals surface area contributed by atoms with Crippen molar-refractivity contribution in [1.82, 2.24) is 10.5 Å². The molecule has 0 aliphatic rings. The normalized spacial score (nSPS) is 11.9. The number of hydrogen-bond acceptors (Lipinski definition) is 6. The topological polar surface area (TPSA) is 114 Å². The van der Waals surface area contributed by atoms with Gasteiger partial charge in [0.1, 0.15) is 17.6 Å². The lowest BCUT2D eigenvalue weighted by atomic mass is 9.97. The van der Waals surface area contributed by atoms with Gasteiger partial charge in [0.15, 0.2) is 5.82 Å². The van der Waals surface area contributed by atoms with E-state index < -0.39 is 11.6 Å². The number of aromatic nitrogens is 1. The average molecular weight is 535 g/mol. The maximum atomic E-state index is 13.9. The van der Waals surface area contributed by atoms with Crippen LogP contribution in [0.25, 0.3) is 0 Å². The zero-order valence-electron chi connectivity index (χ0n) is 23.5. The van der Waals surface area contributed by atoms with Crippen LogP contribution < -0.4 is 20.3 Å². The van der Waals surface area contributed by atoms with E-state index in [0.29, 0.717) is 29.2 Å². The molecule has 3 amide bonds. The van der Waals surface area contributed by atoms with Gasteiger partial charge >= 0.3 is 0 Å². The summed E-state index contributed by atoms with van der Waals surface area (Å²) in [6, 6.07) is 15.3. The van der Waals surface area contributed by atoms with E-state index in [-0.39, 0.29) is 36.4 Å². The van der Waals surface area contributed by atoms with Gasteiger partial charge in [-0.05, 0) is 69.0 Å². The van der Waals surface area contributed by atoms with Gasteiger partial charge in [-0.15, -0.1) is 0 Å². The molecule has 2 N–H and O–H groups in total. The highest BCUT2D eigenvalue weighted by molar-refractivity contribution is 6.03. The largest absolute Gasteiger partial charge is 0.497 e. The predicted molar refractivity (Wildman–Crippen MR) is 151 cm³/mol. The summed E-state index contributed by atoms with van der Waals surface area (Å²) in [6.45, 7) is 9.64. The number of methoxy groups -OCH3 is 1. The van der Waals surface area contributed by atoms with Crippen LogP contribution in [-0.2, 0) is 20.8 Å². The fourth-order valence-electron chi connectivity index (χ4n) is 4.00. The van der Waals surface area contributed by atoms with Gasteiger partial charge in [0.05, 0.1) is 7.11 Å². The first-order chi connectivity index (χ1) is 18.6. The third-order valence-corrected chi connectivity index (χ3v) is 6.64. The number of carbonyl (C=O) groups excluding carboxylic acids is 3. The first kappa shape index (κ1) is 29.4. The highest BCUT2D eigenvalue weighted by Gasteiger charge is 2.35. The summed E-state index contributed by atoms with van der Waals surface area (Å²) in [6.07, 6.45) is 1.33. The van der Waals surface area contributed by atoms with Crippen molar-refractivity contribution in [3.8, 4) is 5.75 Å². The standard InChI is InChI=1S/C30H38N4O5/c1-7-21-9-13-23(14-10-21)34(27(36)18-17-26(35)31-25-19-20(3)39-33-25)28(29(37)32-30(4,5)8-2)22-11-15-24(38-6)16-12-22/h9-16,19,28H,7-8,17-18H2,1-6H3,(H,32,37)(H,31,33,35). The fraction of sp³-hybridized carbons (Fsp3) is 0.400. The summed E-state index contributed by atoms with van der Waals surface area (Å²) in [7, 11) is 1.57. The minimum atomic E-state index is -0.969. The molecule has 3 aromatic rings. The lowest BCUT2D eigenvalue weighted by molar-refractivity contribution is -0.128. The van der Waals surface area contributed by atoms with Crippen molar-refractivity contribution in [2.75, 3.05) is 17.3 Å². The molecule has 0 saturated heterocycles. The van der Waals surface area contributed by atoms with Gasteiger partial charge in [0.2, 0.25) is 17.7 Å². The highest BCUT2D eigenvalue weighted by Crippen LogP contribution is 2.31. The Kier molecular flexibility index (Phi) is 9.87. The first-order valence-electron chi connectivity index (χ1n) is 13.2. The summed E-state index contributed by atoms with van der Waals surface area (Å²) >= 11 is 0. The maximum absolute atomic E-state index is 13.9. The molecule has 1 heterocycles.